The third-order valence-corrected chi connectivity index (χ3v) is 4.37. The van der Waals surface area contributed by atoms with Gasteiger partial charge in [0.25, 0.3) is 12.3 Å². The second-order valence-electron chi connectivity index (χ2n) is 5.16. The number of carbonyl (C=O) groups is 1. The predicted molar refractivity (Wildman–Crippen MR) is 77.1 cm³/mol. The minimum atomic E-state index is -2.76. The van der Waals surface area contributed by atoms with Crippen molar-refractivity contribution in [1.29, 1.82) is 0 Å². The van der Waals surface area contributed by atoms with E-state index in [2.05, 4.69) is 5.10 Å². The van der Waals surface area contributed by atoms with Gasteiger partial charge in [-0.25, -0.2) is 8.78 Å². The van der Waals surface area contributed by atoms with Crippen molar-refractivity contribution in [1.82, 2.24) is 9.78 Å². The molecule has 0 N–H and O–H groups in total. The molecule has 0 aliphatic heterocycles. The van der Waals surface area contributed by atoms with Gasteiger partial charge >= 0.3 is 0 Å². The van der Waals surface area contributed by atoms with Crippen molar-refractivity contribution in [3.05, 3.63) is 33.8 Å². The van der Waals surface area contributed by atoms with E-state index < -0.39 is 12.1 Å². The van der Waals surface area contributed by atoms with E-state index in [0.29, 0.717) is 5.69 Å². The van der Waals surface area contributed by atoms with Crippen molar-refractivity contribution >= 4 is 22.9 Å². The number of rotatable bonds is 4. The molecule has 4 nitrogen and oxygen atoms in total. The Balaban J connectivity index is 2.05. The van der Waals surface area contributed by atoms with E-state index in [1.165, 1.54) is 16.0 Å². The molecule has 7 heteroatoms. The normalized spacial score (nSPS) is 14.7. The average molecular weight is 311 g/mol. The fourth-order valence-electron chi connectivity index (χ4n) is 2.39. The molecule has 2 aromatic rings. The Morgan fingerprint density at radius 1 is 1.52 bits per heavy atom. The van der Waals surface area contributed by atoms with E-state index in [9.17, 15) is 13.6 Å². The number of hydrogen-bond acceptors (Lipinski definition) is 3. The maximum Gasteiger partial charge on any atom is 0.282 e. The van der Waals surface area contributed by atoms with Gasteiger partial charge in [0.1, 0.15) is 5.69 Å². The Labute approximate surface area is 125 Å². The number of amides is 1. The fourth-order valence-corrected chi connectivity index (χ4v) is 3.02. The van der Waals surface area contributed by atoms with E-state index >= 15 is 0 Å². The van der Waals surface area contributed by atoms with Gasteiger partial charge in [-0.15, -0.1) is 0 Å². The Hall–Kier alpha value is -1.76. The lowest BCUT2D eigenvalue weighted by Crippen LogP contribution is -2.33. The van der Waals surface area contributed by atoms with E-state index in [4.69, 9.17) is 0 Å². The lowest BCUT2D eigenvalue weighted by Gasteiger charge is -2.21. The molecule has 1 aliphatic rings. The fraction of sp³-hybridized carbons (Fsp3) is 0.429. The zero-order chi connectivity index (χ0) is 15.1. The van der Waals surface area contributed by atoms with Crippen LogP contribution < -0.4 is 4.90 Å². The van der Waals surface area contributed by atoms with Crippen molar-refractivity contribution in [2.75, 3.05) is 4.90 Å². The molecular weight excluding hydrogens is 296 g/mol. The molecule has 112 valence electrons. The molecule has 2 heterocycles. The highest BCUT2D eigenvalue weighted by molar-refractivity contribution is 7.08. The highest BCUT2D eigenvalue weighted by Crippen LogP contribution is 2.36. The minimum absolute atomic E-state index is 0.0330. The number of aromatic nitrogens is 2. The van der Waals surface area contributed by atoms with Crippen LogP contribution in [0.3, 0.4) is 0 Å². The van der Waals surface area contributed by atoms with Gasteiger partial charge in [-0.2, -0.15) is 16.4 Å². The summed E-state index contributed by atoms with van der Waals surface area (Å²) in [5, 5.41) is 7.54. The zero-order valence-corrected chi connectivity index (χ0v) is 12.5. The molecule has 0 unspecified atom stereocenters. The summed E-state index contributed by atoms with van der Waals surface area (Å²) >= 11 is 1.48. The van der Waals surface area contributed by atoms with Gasteiger partial charge in [0.2, 0.25) is 0 Å². The Morgan fingerprint density at radius 3 is 2.76 bits per heavy atom. The van der Waals surface area contributed by atoms with Crippen LogP contribution in [0.4, 0.5) is 14.5 Å². The van der Waals surface area contributed by atoms with Crippen LogP contribution in [0.15, 0.2) is 16.8 Å². The largest absolute Gasteiger partial charge is 0.304 e. The summed E-state index contributed by atoms with van der Waals surface area (Å²) in [6.45, 7) is 1.64. The number of aryl methyl sites for hydroxylation is 1. The van der Waals surface area contributed by atoms with Gasteiger partial charge < -0.3 is 4.90 Å². The maximum atomic E-state index is 13.2. The molecule has 0 atom stereocenters. The first-order chi connectivity index (χ1) is 10.0. The lowest BCUT2D eigenvalue weighted by atomic mass is 10.1. The Kier molecular flexibility index (Phi) is 3.52. The second-order valence-corrected chi connectivity index (χ2v) is 5.94. The van der Waals surface area contributed by atoms with E-state index in [1.54, 1.807) is 18.9 Å². The number of anilines is 1. The SMILES string of the molecule is Cc1c(C(=O)N(c2ccsc2)C2CC2)c(C(F)F)nn1C. The summed E-state index contributed by atoms with van der Waals surface area (Å²) in [5.74, 6) is -0.378. The third-order valence-electron chi connectivity index (χ3n) is 3.70. The summed E-state index contributed by atoms with van der Waals surface area (Å²) in [6.07, 6.45) is -0.942. The van der Waals surface area contributed by atoms with Crippen LogP contribution >= 0.6 is 11.3 Å². The van der Waals surface area contributed by atoms with Gasteiger partial charge in [-0.05, 0) is 31.2 Å². The van der Waals surface area contributed by atoms with Crippen molar-refractivity contribution in [2.45, 2.75) is 32.2 Å². The molecule has 0 aromatic carbocycles. The van der Waals surface area contributed by atoms with Crippen LogP contribution in [0.25, 0.3) is 0 Å². The predicted octanol–water partition coefficient (Wildman–Crippen LogP) is 3.54. The number of thiophene rings is 1. The summed E-state index contributed by atoms with van der Waals surface area (Å²) in [4.78, 5) is 14.5. The van der Waals surface area contributed by atoms with Crippen LogP contribution in [0.2, 0.25) is 0 Å². The first-order valence-corrected chi connectivity index (χ1v) is 7.62. The maximum absolute atomic E-state index is 13.2. The minimum Gasteiger partial charge on any atom is -0.304 e. The number of alkyl halides is 2. The van der Waals surface area contributed by atoms with Crippen molar-refractivity contribution in [2.24, 2.45) is 7.05 Å². The number of carbonyl (C=O) groups excluding carboxylic acids is 1. The smallest absolute Gasteiger partial charge is 0.282 e. The van der Waals surface area contributed by atoms with Crippen LogP contribution in [-0.2, 0) is 7.05 Å². The molecule has 1 aliphatic carbocycles. The topological polar surface area (TPSA) is 38.1 Å². The number of halogens is 2. The van der Waals surface area contributed by atoms with Gasteiger partial charge in [-0.1, -0.05) is 0 Å². The number of nitrogens with zero attached hydrogens (tertiary/aromatic N) is 3. The first-order valence-electron chi connectivity index (χ1n) is 6.68. The van der Waals surface area contributed by atoms with Gasteiger partial charge in [0.15, 0.2) is 0 Å². The standard InChI is InChI=1S/C14H15F2N3OS/c1-8-11(12(13(15)16)17-18(8)2)14(20)19(9-3-4-9)10-5-6-21-7-10/h5-7,9,13H,3-4H2,1-2H3. The molecule has 0 saturated heterocycles. The summed E-state index contributed by atoms with van der Waals surface area (Å²) in [5.41, 5.74) is 0.846. The highest BCUT2D eigenvalue weighted by Gasteiger charge is 2.38. The van der Waals surface area contributed by atoms with Gasteiger partial charge in [0, 0.05) is 24.2 Å². The second kappa shape index (κ2) is 5.22. The molecule has 21 heavy (non-hydrogen) atoms. The number of hydrogen-bond donors (Lipinski definition) is 0. The molecule has 3 rings (SSSR count). The van der Waals surface area contributed by atoms with Crippen molar-refractivity contribution in [3.63, 3.8) is 0 Å². The van der Waals surface area contributed by atoms with Crippen molar-refractivity contribution in [3.8, 4) is 0 Å². The molecule has 0 radical (unpaired) electrons. The molecule has 1 fully saturated rings. The molecular formula is C14H15F2N3OS. The molecule has 1 amide bonds. The monoisotopic (exact) mass is 311 g/mol. The van der Waals surface area contributed by atoms with Crippen LogP contribution in [0, 0.1) is 6.92 Å². The van der Waals surface area contributed by atoms with Gasteiger partial charge in [-0.3, -0.25) is 9.48 Å². The molecule has 0 spiro atoms. The summed E-state index contributed by atoms with van der Waals surface area (Å²) < 4.78 is 27.7. The average Bonchev–Trinajstić information content (AvgIpc) is 3.01. The van der Waals surface area contributed by atoms with E-state index in [-0.39, 0.29) is 17.5 Å². The first kappa shape index (κ1) is 14.2. The quantitative estimate of drug-likeness (QED) is 0.866. The van der Waals surface area contributed by atoms with E-state index in [0.717, 1.165) is 18.5 Å². The Bertz CT molecular complexity index is 662. The summed E-state index contributed by atoms with van der Waals surface area (Å²) in [7, 11) is 1.57. The molecule has 2 aromatic heterocycles. The molecule has 1 saturated carbocycles. The van der Waals surface area contributed by atoms with Crippen LogP contribution in [-0.4, -0.2) is 21.7 Å². The third kappa shape index (κ3) is 2.46. The highest BCUT2D eigenvalue weighted by atomic mass is 32.1. The van der Waals surface area contributed by atoms with Crippen LogP contribution in [0.1, 0.15) is 41.0 Å². The zero-order valence-electron chi connectivity index (χ0n) is 11.7. The van der Waals surface area contributed by atoms with Gasteiger partial charge in [0.05, 0.1) is 11.3 Å². The Morgan fingerprint density at radius 2 is 2.24 bits per heavy atom. The van der Waals surface area contributed by atoms with Crippen LogP contribution in [0.5, 0.6) is 0 Å². The molecule has 0 bridgehead atoms. The summed E-state index contributed by atoms with van der Waals surface area (Å²) in [6, 6.07) is 1.95. The van der Waals surface area contributed by atoms with E-state index in [1.807, 2.05) is 16.8 Å². The lowest BCUT2D eigenvalue weighted by molar-refractivity contribution is 0.0969. The van der Waals surface area contributed by atoms with Crippen molar-refractivity contribution < 1.29 is 13.6 Å².